The highest BCUT2D eigenvalue weighted by Gasteiger charge is 2.05. The number of benzene rings is 2. The second kappa shape index (κ2) is 7.96. The third-order valence-corrected chi connectivity index (χ3v) is 4.23. The average molecular weight is 322 g/mol. The van der Waals surface area contributed by atoms with E-state index in [1.54, 1.807) is 31.0 Å². The monoisotopic (exact) mass is 321 g/mol. The van der Waals surface area contributed by atoms with E-state index in [2.05, 4.69) is 5.16 Å². The summed E-state index contributed by atoms with van der Waals surface area (Å²) in [6.07, 6.45) is 0.675. The van der Waals surface area contributed by atoms with Gasteiger partial charge in [-0.3, -0.25) is 0 Å². The van der Waals surface area contributed by atoms with Crippen LogP contribution in [0.2, 0.25) is 5.02 Å². The molecule has 0 saturated heterocycles. The van der Waals surface area contributed by atoms with Crippen molar-refractivity contribution in [2.45, 2.75) is 11.3 Å². The molecule has 2 aromatic rings. The first-order chi connectivity index (χ1) is 10.2. The van der Waals surface area contributed by atoms with E-state index in [-0.39, 0.29) is 0 Å². The fourth-order valence-electron chi connectivity index (χ4n) is 1.83. The van der Waals surface area contributed by atoms with E-state index in [0.29, 0.717) is 17.2 Å². The number of halogens is 1. The van der Waals surface area contributed by atoms with Crippen LogP contribution in [0.15, 0.2) is 58.6 Å². The average Bonchev–Trinajstić information content (AvgIpc) is 2.53. The molecule has 0 spiro atoms. The molecule has 0 amide bonds. The number of nitrogens with zero attached hydrogens (tertiary/aromatic N) is 1. The molecule has 110 valence electrons. The molecule has 2 rings (SSSR count). The Kier molecular flexibility index (Phi) is 5.96. The Hall–Kier alpha value is -1.65. The number of hydrogen-bond acceptors (Lipinski definition) is 4. The van der Waals surface area contributed by atoms with Crippen LogP contribution >= 0.6 is 23.4 Å². The van der Waals surface area contributed by atoms with Crippen LogP contribution in [0.25, 0.3) is 0 Å². The summed E-state index contributed by atoms with van der Waals surface area (Å²) in [5, 5.41) is 13.2. The van der Waals surface area contributed by atoms with Crippen LogP contribution in [0.3, 0.4) is 0 Å². The van der Waals surface area contributed by atoms with Gasteiger partial charge < -0.3 is 9.94 Å². The SMILES string of the molecule is COc1ccc(SCCC(=NO)c2ccc(Cl)cc2)cc1. The van der Waals surface area contributed by atoms with Crippen LogP contribution in [-0.4, -0.2) is 23.8 Å². The van der Waals surface area contributed by atoms with Crippen LogP contribution in [0, 0.1) is 0 Å². The van der Waals surface area contributed by atoms with Gasteiger partial charge in [-0.05, 0) is 42.0 Å². The van der Waals surface area contributed by atoms with Gasteiger partial charge in [0, 0.05) is 22.1 Å². The summed E-state index contributed by atoms with van der Waals surface area (Å²) in [5.41, 5.74) is 1.55. The number of methoxy groups -OCH3 is 1. The molecule has 0 aliphatic rings. The topological polar surface area (TPSA) is 41.8 Å². The van der Waals surface area contributed by atoms with Crippen molar-refractivity contribution in [1.82, 2.24) is 0 Å². The molecule has 2 aromatic carbocycles. The Morgan fingerprint density at radius 1 is 1.14 bits per heavy atom. The van der Waals surface area contributed by atoms with Crippen LogP contribution in [0.4, 0.5) is 0 Å². The second-order valence-corrected chi connectivity index (χ2v) is 5.93. The minimum atomic E-state index is 0.660. The lowest BCUT2D eigenvalue weighted by Gasteiger charge is -2.06. The van der Waals surface area contributed by atoms with Gasteiger partial charge in [0.2, 0.25) is 0 Å². The molecule has 0 bridgehead atoms. The van der Waals surface area contributed by atoms with Gasteiger partial charge in [-0.25, -0.2) is 0 Å². The molecule has 0 aliphatic heterocycles. The van der Waals surface area contributed by atoms with E-state index in [4.69, 9.17) is 21.5 Å². The summed E-state index contributed by atoms with van der Waals surface area (Å²) >= 11 is 7.56. The Balaban J connectivity index is 1.90. The number of ether oxygens (including phenoxy) is 1. The summed E-state index contributed by atoms with van der Waals surface area (Å²) in [7, 11) is 1.65. The van der Waals surface area contributed by atoms with Crippen molar-refractivity contribution in [2.75, 3.05) is 12.9 Å². The zero-order valence-electron chi connectivity index (χ0n) is 11.6. The molecule has 0 fully saturated rings. The quantitative estimate of drug-likeness (QED) is 0.362. The van der Waals surface area contributed by atoms with E-state index in [1.807, 2.05) is 36.4 Å². The van der Waals surface area contributed by atoms with Crippen molar-refractivity contribution >= 4 is 29.1 Å². The van der Waals surface area contributed by atoms with Crippen molar-refractivity contribution in [3.8, 4) is 5.75 Å². The van der Waals surface area contributed by atoms with Crippen molar-refractivity contribution in [1.29, 1.82) is 0 Å². The molecular formula is C16H16ClNO2S. The number of hydrogen-bond donors (Lipinski definition) is 1. The molecule has 1 N–H and O–H groups in total. The lowest BCUT2D eigenvalue weighted by molar-refractivity contribution is 0.318. The summed E-state index contributed by atoms with van der Waals surface area (Å²) in [5.74, 6) is 1.67. The summed E-state index contributed by atoms with van der Waals surface area (Å²) in [6, 6.07) is 15.2. The van der Waals surface area contributed by atoms with E-state index >= 15 is 0 Å². The van der Waals surface area contributed by atoms with Crippen molar-refractivity contribution in [2.24, 2.45) is 5.16 Å². The molecule has 0 unspecified atom stereocenters. The zero-order chi connectivity index (χ0) is 15.1. The van der Waals surface area contributed by atoms with E-state index in [1.165, 1.54) is 0 Å². The minimum Gasteiger partial charge on any atom is -0.497 e. The largest absolute Gasteiger partial charge is 0.497 e. The Labute approximate surface area is 133 Å². The molecule has 0 saturated carbocycles. The predicted octanol–water partition coefficient (Wildman–Crippen LogP) is 4.71. The normalized spacial score (nSPS) is 11.4. The van der Waals surface area contributed by atoms with Gasteiger partial charge in [-0.15, -0.1) is 11.8 Å². The number of thioether (sulfide) groups is 1. The van der Waals surface area contributed by atoms with Gasteiger partial charge in [0.25, 0.3) is 0 Å². The number of oxime groups is 1. The molecule has 21 heavy (non-hydrogen) atoms. The fourth-order valence-corrected chi connectivity index (χ4v) is 2.82. The number of rotatable bonds is 6. The second-order valence-electron chi connectivity index (χ2n) is 4.33. The summed E-state index contributed by atoms with van der Waals surface area (Å²) < 4.78 is 5.12. The highest BCUT2D eigenvalue weighted by atomic mass is 35.5. The van der Waals surface area contributed by atoms with Crippen LogP contribution < -0.4 is 4.74 Å². The Morgan fingerprint density at radius 3 is 2.38 bits per heavy atom. The van der Waals surface area contributed by atoms with E-state index in [9.17, 15) is 0 Å². The van der Waals surface area contributed by atoms with Gasteiger partial charge in [-0.2, -0.15) is 0 Å². The molecule has 3 nitrogen and oxygen atoms in total. The first-order valence-electron chi connectivity index (χ1n) is 6.46. The smallest absolute Gasteiger partial charge is 0.118 e. The third-order valence-electron chi connectivity index (χ3n) is 2.97. The lowest BCUT2D eigenvalue weighted by Crippen LogP contribution is -2.02. The van der Waals surface area contributed by atoms with E-state index in [0.717, 1.165) is 22.0 Å². The van der Waals surface area contributed by atoms with Gasteiger partial charge >= 0.3 is 0 Å². The Bertz CT molecular complexity index is 597. The molecule has 5 heteroatoms. The highest BCUT2D eigenvalue weighted by Crippen LogP contribution is 2.22. The van der Waals surface area contributed by atoms with Crippen molar-refractivity contribution in [3.63, 3.8) is 0 Å². The standard InChI is InChI=1S/C16H16ClNO2S/c1-20-14-6-8-15(9-7-14)21-11-10-16(18-19)12-2-4-13(17)5-3-12/h2-9,19H,10-11H2,1H3. The van der Waals surface area contributed by atoms with Gasteiger partial charge in [0.05, 0.1) is 12.8 Å². The minimum absolute atomic E-state index is 0.660. The maximum Gasteiger partial charge on any atom is 0.118 e. The Morgan fingerprint density at radius 2 is 1.81 bits per heavy atom. The maximum atomic E-state index is 9.14. The van der Waals surface area contributed by atoms with Gasteiger partial charge in [0.15, 0.2) is 0 Å². The van der Waals surface area contributed by atoms with Crippen LogP contribution in [0.5, 0.6) is 5.75 Å². The molecule has 0 heterocycles. The van der Waals surface area contributed by atoms with Crippen LogP contribution in [-0.2, 0) is 0 Å². The molecule has 0 aromatic heterocycles. The summed E-state index contributed by atoms with van der Waals surface area (Å²) in [4.78, 5) is 1.16. The van der Waals surface area contributed by atoms with E-state index < -0.39 is 0 Å². The molecular weight excluding hydrogens is 306 g/mol. The van der Waals surface area contributed by atoms with Crippen LogP contribution in [0.1, 0.15) is 12.0 Å². The highest BCUT2D eigenvalue weighted by molar-refractivity contribution is 7.99. The van der Waals surface area contributed by atoms with Gasteiger partial charge in [0.1, 0.15) is 5.75 Å². The third kappa shape index (κ3) is 4.69. The molecule has 0 radical (unpaired) electrons. The molecule has 0 aliphatic carbocycles. The zero-order valence-corrected chi connectivity index (χ0v) is 13.2. The lowest BCUT2D eigenvalue weighted by atomic mass is 10.1. The van der Waals surface area contributed by atoms with Crippen molar-refractivity contribution in [3.05, 3.63) is 59.1 Å². The van der Waals surface area contributed by atoms with Crippen molar-refractivity contribution < 1.29 is 9.94 Å². The first-order valence-corrected chi connectivity index (χ1v) is 7.83. The maximum absolute atomic E-state index is 9.14. The predicted molar refractivity (Wildman–Crippen MR) is 88.1 cm³/mol. The molecule has 0 atom stereocenters. The van der Waals surface area contributed by atoms with Gasteiger partial charge in [-0.1, -0.05) is 28.9 Å². The fraction of sp³-hybridized carbons (Fsp3) is 0.188. The summed E-state index contributed by atoms with van der Waals surface area (Å²) in [6.45, 7) is 0. The first kappa shape index (κ1) is 15.7.